The van der Waals surface area contributed by atoms with Gasteiger partial charge in [-0.3, -0.25) is 9.69 Å². The molecule has 16 heavy (non-hydrogen) atoms. The molecule has 1 aliphatic heterocycles. The molecular weight excluding hydrogens is 206 g/mol. The highest BCUT2D eigenvalue weighted by Gasteiger charge is 2.29. The third-order valence-corrected chi connectivity index (χ3v) is 3.20. The van der Waals surface area contributed by atoms with E-state index in [0.717, 1.165) is 32.5 Å². The number of rotatable bonds is 5. The highest BCUT2D eigenvalue weighted by molar-refractivity contribution is 5.75. The largest absolute Gasteiger partial charge is 0.465 e. The van der Waals surface area contributed by atoms with E-state index in [1.165, 1.54) is 0 Å². The predicted octanol–water partition coefficient (Wildman–Crippen LogP) is 1.44. The van der Waals surface area contributed by atoms with Crippen LogP contribution in [0.1, 0.15) is 33.1 Å². The van der Waals surface area contributed by atoms with Gasteiger partial charge in [0.1, 0.15) is 6.04 Å². The Balaban J connectivity index is 2.53. The van der Waals surface area contributed by atoms with Gasteiger partial charge in [-0.05, 0) is 33.2 Å². The smallest absolute Gasteiger partial charge is 0.323 e. The van der Waals surface area contributed by atoms with Gasteiger partial charge >= 0.3 is 5.97 Å². The first-order chi connectivity index (χ1) is 7.70. The molecule has 0 aromatic heterocycles. The van der Waals surface area contributed by atoms with E-state index in [0.29, 0.717) is 12.6 Å². The second kappa shape index (κ2) is 6.86. The first-order valence-electron chi connectivity index (χ1n) is 6.17. The second-order valence-corrected chi connectivity index (χ2v) is 4.19. The van der Waals surface area contributed by atoms with Crippen molar-refractivity contribution in [1.29, 1.82) is 0 Å². The fraction of sp³-hybridized carbons (Fsp3) is 0.917. The average Bonchev–Trinajstić information content (AvgIpc) is 2.31. The van der Waals surface area contributed by atoms with Gasteiger partial charge in [0.15, 0.2) is 0 Å². The van der Waals surface area contributed by atoms with Gasteiger partial charge in [0.25, 0.3) is 0 Å². The van der Waals surface area contributed by atoms with Gasteiger partial charge in [-0.1, -0.05) is 6.92 Å². The normalized spacial score (nSPS) is 19.8. The maximum absolute atomic E-state index is 11.8. The molecule has 0 saturated carbocycles. The molecule has 0 bridgehead atoms. The third-order valence-electron chi connectivity index (χ3n) is 3.20. The van der Waals surface area contributed by atoms with Crippen LogP contribution < -0.4 is 0 Å². The van der Waals surface area contributed by atoms with Crippen molar-refractivity contribution in [2.24, 2.45) is 0 Å². The van der Waals surface area contributed by atoms with E-state index in [-0.39, 0.29) is 12.0 Å². The molecule has 0 N–H and O–H groups in total. The minimum atomic E-state index is -0.108. The molecule has 0 radical (unpaired) electrons. The molecule has 1 rings (SSSR count). The van der Waals surface area contributed by atoms with E-state index in [1.54, 1.807) is 0 Å². The number of carbonyl (C=O) groups is 1. The topological polar surface area (TPSA) is 38.8 Å². The van der Waals surface area contributed by atoms with Gasteiger partial charge in [0.2, 0.25) is 0 Å². The van der Waals surface area contributed by atoms with Gasteiger partial charge in [-0.25, -0.2) is 0 Å². The van der Waals surface area contributed by atoms with E-state index in [9.17, 15) is 4.79 Å². The van der Waals surface area contributed by atoms with Crippen LogP contribution in [0.15, 0.2) is 0 Å². The Morgan fingerprint density at radius 3 is 2.56 bits per heavy atom. The van der Waals surface area contributed by atoms with E-state index in [1.807, 2.05) is 20.9 Å². The van der Waals surface area contributed by atoms with Crippen LogP contribution in [0.25, 0.3) is 0 Å². The van der Waals surface area contributed by atoms with E-state index in [2.05, 4.69) is 4.90 Å². The number of hydrogen-bond acceptors (Lipinski definition) is 4. The van der Waals surface area contributed by atoms with Crippen molar-refractivity contribution in [1.82, 2.24) is 4.90 Å². The standard InChI is InChI=1S/C12H23NO3/c1-4-11(12(14)16-5-2)13(3)10-6-8-15-9-7-10/h10-11H,4-9H2,1-3H3. The highest BCUT2D eigenvalue weighted by Crippen LogP contribution is 2.17. The van der Waals surface area contributed by atoms with Gasteiger partial charge in [0, 0.05) is 19.3 Å². The third kappa shape index (κ3) is 3.46. The summed E-state index contributed by atoms with van der Waals surface area (Å²) in [5, 5.41) is 0. The van der Waals surface area contributed by atoms with Crippen LogP contribution in [-0.2, 0) is 14.3 Å². The quantitative estimate of drug-likeness (QED) is 0.669. The Bertz CT molecular complexity index is 214. The van der Waals surface area contributed by atoms with Crippen molar-refractivity contribution >= 4 is 5.97 Å². The van der Waals surface area contributed by atoms with E-state index < -0.39 is 0 Å². The molecule has 4 heteroatoms. The summed E-state index contributed by atoms with van der Waals surface area (Å²) in [6.45, 7) is 5.93. The summed E-state index contributed by atoms with van der Waals surface area (Å²) in [4.78, 5) is 13.9. The summed E-state index contributed by atoms with van der Waals surface area (Å²) in [5.74, 6) is -0.0982. The van der Waals surface area contributed by atoms with Crippen LogP contribution in [0.3, 0.4) is 0 Å². The molecule has 1 heterocycles. The van der Waals surface area contributed by atoms with Crippen molar-refractivity contribution in [2.75, 3.05) is 26.9 Å². The zero-order chi connectivity index (χ0) is 12.0. The maximum Gasteiger partial charge on any atom is 0.323 e. The van der Waals surface area contributed by atoms with Gasteiger partial charge < -0.3 is 9.47 Å². The molecule has 94 valence electrons. The minimum absolute atomic E-state index is 0.0982. The van der Waals surface area contributed by atoms with Crippen molar-refractivity contribution < 1.29 is 14.3 Å². The van der Waals surface area contributed by atoms with Crippen LogP contribution in [0.4, 0.5) is 0 Å². The summed E-state index contributed by atoms with van der Waals surface area (Å²) >= 11 is 0. The molecule has 0 spiro atoms. The lowest BCUT2D eigenvalue weighted by atomic mass is 10.0. The lowest BCUT2D eigenvalue weighted by molar-refractivity contribution is -0.150. The predicted molar refractivity (Wildman–Crippen MR) is 62.3 cm³/mol. The Morgan fingerprint density at radius 2 is 2.06 bits per heavy atom. The first-order valence-corrected chi connectivity index (χ1v) is 6.17. The monoisotopic (exact) mass is 229 g/mol. The summed E-state index contributed by atoms with van der Waals surface area (Å²) in [5.41, 5.74) is 0. The zero-order valence-corrected chi connectivity index (χ0v) is 10.6. The molecule has 4 nitrogen and oxygen atoms in total. The summed E-state index contributed by atoms with van der Waals surface area (Å²) in [6, 6.07) is 0.339. The van der Waals surface area contributed by atoms with E-state index >= 15 is 0 Å². The van der Waals surface area contributed by atoms with Crippen LogP contribution in [0.2, 0.25) is 0 Å². The molecule has 0 aromatic rings. The highest BCUT2D eigenvalue weighted by atomic mass is 16.5. The molecular formula is C12H23NO3. The SMILES string of the molecule is CCOC(=O)C(CC)N(C)C1CCOCC1. The summed E-state index contributed by atoms with van der Waals surface area (Å²) < 4.78 is 10.4. The minimum Gasteiger partial charge on any atom is -0.465 e. The lowest BCUT2D eigenvalue weighted by Gasteiger charge is -2.35. The number of nitrogens with zero attached hydrogens (tertiary/aromatic N) is 1. The molecule has 1 aliphatic rings. The zero-order valence-electron chi connectivity index (χ0n) is 10.6. The summed E-state index contributed by atoms with van der Waals surface area (Å²) in [6.07, 6.45) is 2.81. The Hall–Kier alpha value is -0.610. The first kappa shape index (κ1) is 13.5. The van der Waals surface area contributed by atoms with Gasteiger partial charge in [-0.2, -0.15) is 0 Å². The van der Waals surface area contributed by atoms with Crippen molar-refractivity contribution in [3.8, 4) is 0 Å². The van der Waals surface area contributed by atoms with Crippen LogP contribution in [0, 0.1) is 0 Å². The van der Waals surface area contributed by atoms with Gasteiger partial charge in [0.05, 0.1) is 6.61 Å². The Kier molecular flexibility index (Phi) is 5.77. The maximum atomic E-state index is 11.8. The fourth-order valence-corrected chi connectivity index (χ4v) is 2.21. The fourth-order valence-electron chi connectivity index (χ4n) is 2.21. The molecule has 0 aliphatic carbocycles. The van der Waals surface area contributed by atoms with Gasteiger partial charge in [-0.15, -0.1) is 0 Å². The van der Waals surface area contributed by atoms with Crippen LogP contribution in [0.5, 0.6) is 0 Å². The average molecular weight is 229 g/mol. The molecule has 1 fully saturated rings. The number of ether oxygens (including phenoxy) is 2. The Morgan fingerprint density at radius 1 is 1.44 bits per heavy atom. The molecule has 0 amide bonds. The summed E-state index contributed by atoms with van der Waals surface area (Å²) in [7, 11) is 2.01. The molecule has 1 atom stereocenters. The van der Waals surface area contributed by atoms with Crippen molar-refractivity contribution in [3.63, 3.8) is 0 Å². The number of esters is 1. The molecule has 0 aromatic carbocycles. The second-order valence-electron chi connectivity index (χ2n) is 4.19. The number of carbonyl (C=O) groups excluding carboxylic acids is 1. The Labute approximate surface area is 97.9 Å². The lowest BCUT2D eigenvalue weighted by Crippen LogP contribution is -2.47. The van der Waals surface area contributed by atoms with Crippen LogP contribution in [-0.4, -0.2) is 49.8 Å². The molecule has 1 unspecified atom stereocenters. The van der Waals surface area contributed by atoms with E-state index in [4.69, 9.17) is 9.47 Å². The number of likely N-dealkylation sites (N-methyl/N-ethyl adjacent to an activating group) is 1. The van der Waals surface area contributed by atoms with Crippen molar-refractivity contribution in [2.45, 2.75) is 45.2 Å². The van der Waals surface area contributed by atoms with Crippen LogP contribution >= 0.6 is 0 Å². The van der Waals surface area contributed by atoms with Crippen molar-refractivity contribution in [3.05, 3.63) is 0 Å². The number of hydrogen-bond donors (Lipinski definition) is 0. The molecule has 1 saturated heterocycles.